The number of aromatic nitrogens is 4. The zero-order chi connectivity index (χ0) is 24.4. The van der Waals surface area contributed by atoms with Crippen LogP contribution in [0.2, 0.25) is 5.02 Å². The standard InChI is InChI=1S/C25H32ClFN8/c1-15-11-22(30-25-29-14-20(26)24(32-25)31-23-12-16(2)33-34-23)21(27)13-19(15)17-5-9-35(10-6-17)18-3-7-28-8-4-18/h11-14,17-18,28H,3-10H2,1-2H3,(H3,29,30,31,32,33,34). The molecule has 2 aliphatic rings. The largest absolute Gasteiger partial charge is 0.322 e. The second kappa shape index (κ2) is 10.5. The SMILES string of the molecule is Cc1cc(Nc2nc(Nc3cc(C)c(C4CCN(C5CCNCC5)CC4)cc3F)ncc2Cl)n[nH]1. The molecular formula is C25H32ClFN8. The molecule has 35 heavy (non-hydrogen) atoms. The molecule has 0 bridgehead atoms. The van der Waals surface area contributed by atoms with E-state index in [0.717, 1.165) is 55.8 Å². The predicted octanol–water partition coefficient (Wildman–Crippen LogP) is 5.03. The van der Waals surface area contributed by atoms with E-state index >= 15 is 4.39 Å². The van der Waals surface area contributed by atoms with Crippen molar-refractivity contribution in [2.24, 2.45) is 0 Å². The van der Waals surface area contributed by atoms with Crippen LogP contribution in [0.4, 0.5) is 27.7 Å². The molecule has 186 valence electrons. The van der Waals surface area contributed by atoms with E-state index in [9.17, 15) is 0 Å². The number of rotatable bonds is 6. The smallest absolute Gasteiger partial charge is 0.229 e. The van der Waals surface area contributed by atoms with Gasteiger partial charge in [0.1, 0.15) is 10.8 Å². The summed E-state index contributed by atoms with van der Waals surface area (Å²) in [5.41, 5.74) is 3.44. The number of hydrogen-bond acceptors (Lipinski definition) is 7. The maximum Gasteiger partial charge on any atom is 0.229 e. The minimum Gasteiger partial charge on any atom is -0.322 e. The van der Waals surface area contributed by atoms with Crippen LogP contribution in [-0.2, 0) is 0 Å². The minimum absolute atomic E-state index is 0.255. The van der Waals surface area contributed by atoms with Gasteiger partial charge in [-0.2, -0.15) is 10.1 Å². The Morgan fingerprint density at radius 1 is 1.06 bits per heavy atom. The van der Waals surface area contributed by atoms with E-state index < -0.39 is 0 Å². The zero-order valence-electron chi connectivity index (χ0n) is 20.2. The van der Waals surface area contributed by atoms with Gasteiger partial charge in [-0.25, -0.2) is 9.37 Å². The Morgan fingerprint density at radius 3 is 2.54 bits per heavy atom. The molecule has 3 aromatic rings. The maximum atomic E-state index is 15.2. The number of nitrogens with one attached hydrogen (secondary N) is 4. The Hall–Kier alpha value is -2.75. The number of aromatic amines is 1. The van der Waals surface area contributed by atoms with Crippen molar-refractivity contribution < 1.29 is 4.39 Å². The molecule has 0 saturated carbocycles. The summed E-state index contributed by atoms with van der Waals surface area (Å²) in [6, 6.07) is 6.07. The summed E-state index contributed by atoms with van der Waals surface area (Å²) in [5, 5.41) is 16.9. The molecule has 1 aromatic carbocycles. The van der Waals surface area contributed by atoms with Crippen molar-refractivity contribution in [3.63, 3.8) is 0 Å². The van der Waals surface area contributed by atoms with Gasteiger partial charge >= 0.3 is 0 Å². The van der Waals surface area contributed by atoms with Gasteiger partial charge in [0.25, 0.3) is 0 Å². The molecule has 0 spiro atoms. The highest BCUT2D eigenvalue weighted by atomic mass is 35.5. The van der Waals surface area contributed by atoms with Crippen LogP contribution < -0.4 is 16.0 Å². The third-order valence-electron chi connectivity index (χ3n) is 7.09. The fraction of sp³-hybridized carbons (Fsp3) is 0.480. The summed E-state index contributed by atoms with van der Waals surface area (Å²) < 4.78 is 15.2. The monoisotopic (exact) mass is 498 g/mol. The molecule has 0 unspecified atom stereocenters. The quantitative estimate of drug-likeness (QED) is 0.379. The third kappa shape index (κ3) is 5.58. The van der Waals surface area contributed by atoms with Crippen LogP contribution in [0, 0.1) is 19.7 Å². The summed E-state index contributed by atoms with van der Waals surface area (Å²) >= 11 is 6.25. The van der Waals surface area contributed by atoms with Gasteiger partial charge in [0, 0.05) is 17.8 Å². The maximum absolute atomic E-state index is 15.2. The van der Waals surface area contributed by atoms with Crippen LogP contribution in [-0.4, -0.2) is 57.3 Å². The topological polar surface area (TPSA) is 93.8 Å². The molecule has 10 heteroatoms. The van der Waals surface area contributed by atoms with Gasteiger partial charge in [-0.05, 0) is 94.9 Å². The lowest BCUT2D eigenvalue weighted by Crippen LogP contribution is -2.46. The van der Waals surface area contributed by atoms with Gasteiger partial charge in [0.15, 0.2) is 11.6 Å². The molecular weight excluding hydrogens is 467 g/mol. The number of piperidine rings is 2. The van der Waals surface area contributed by atoms with Gasteiger partial charge in [-0.15, -0.1) is 0 Å². The zero-order valence-corrected chi connectivity index (χ0v) is 20.9. The molecule has 0 amide bonds. The number of hydrogen-bond donors (Lipinski definition) is 4. The number of nitrogens with zero attached hydrogens (tertiary/aromatic N) is 4. The van der Waals surface area contributed by atoms with Crippen molar-refractivity contribution in [2.75, 3.05) is 36.8 Å². The Bertz CT molecular complexity index is 1170. The van der Waals surface area contributed by atoms with Crippen LogP contribution >= 0.6 is 11.6 Å². The predicted molar refractivity (Wildman–Crippen MR) is 138 cm³/mol. The number of anilines is 4. The second-order valence-corrected chi connectivity index (χ2v) is 9.96. The molecule has 5 rings (SSSR count). The minimum atomic E-state index is -0.303. The average Bonchev–Trinajstić information content (AvgIpc) is 3.28. The van der Waals surface area contributed by atoms with Crippen molar-refractivity contribution >= 4 is 34.9 Å². The van der Waals surface area contributed by atoms with E-state index in [1.54, 1.807) is 6.07 Å². The molecule has 8 nitrogen and oxygen atoms in total. The number of halogens is 2. The molecule has 0 aliphatic carbocycles. The highest BCUT2D eigenvalue weighted by Gasteiger charge is 2.28. The van der Waals surface area contributed by atoms with Gasteiger partial charge in [-0.3, -0.25) is 5.10 Å². The highest BCUT2D eigenvalue weighted by Crippen LogP contribution is 2.35. The van der Waals surface area contributed by atoms with Gasteiger partial charge in [-0.1, -0.05) is 11.6 Å². The first kappa shape index (κ1) is 24.0. The first-order valence-corrected chi connectivity index (χ1v) is 12.7. The molecule has 4 N–H and O–H groups in total. The first-order chi connectivity index (χ1) is 17.0. The summed E-state index contributed by atoms with van der Waals surface area (Å²) in [5.74, 6) is 1.32. The Balaban J connectivity index is 1.26. The Labute approximate surface area is 210 Å². The van der Waals surface area contributed by atoms with Crippen molar-refractivity contribution in [3.05, 3.63) is 52.1 Å². The fourth-order valence-electron chi connectivity index (χ4n) is 5.22. The summed E-state index contributed by atoms with van der Waals surface area (Å²) in [6.07, 6.45) is 6.07. The summed E-state index contributed by atoms with van der Waals surface area (Å²) in [4.78, 5) is 11.3. The van der Waals surface area contributed by atoms with E-state index in [2.05, 4.69) is 47.9 Å². The van der Waals surface area contributed by atoms with Gasteiger partial charge < -0.3 is 20.9 Å². The molecule has 2 fully saturated rings. The van der Waals surface area contributed by atoms with Crippen molar-refractivity contribution in [1.82, 2.24) is 30.4 Å². The van der Waals surface area contributed by atoms with Crippen molar-refractivity contribution in [3.8, 4) is 0 Å². The highest BCUT2D eigenvalue weighted by molar-refractivity contribution is 6.32. The van der Waals surface area contributed by atoms with Crippen LogP contribution in [0.1, 0.15) is 48.4 Å². The summed E-state index contributed by atoms with van der Waals surface area (Å²) in [6.45, 7) is 8.34. The van der Waals surface area contributed by atoms with Crippen LogP contribution in [0.15, 0.2) is 24.4 Å². The molecule has 0 atom stereocenters. The Morgan fingerprint density at radius 2 is 1.83 bits per heavy atom. The van der Waals surface area contributed by atoms with E-state index in [0.29, 0.717) is 34.3 Å². The number of benzene rings is 1. The summed E-state index contributed by atoms with van der Waals surface area (Å²) in [7, 11) is 0. The van der Waals surface area contributed by atoms with Crippen LogP contribution in [0.3, 0.4) is 0 Å². The van der Waals surface area contributed by atoms with Gasteiger partial charge in [0.05, 0.1) is 11.9 Å². The molecule has 2 saturated heterocycles. The van der Waals surface area contributed by atoms with E-state index in [-0.39, 0.29) is 11.8 Å². The third-order valence-corrected chi connectivity index (χ3v) is 7.37. The van der Waals surface area contributed by atoms with Crippen LogP contribution in [0.5, 0.6) is 0 Å². The lowest BCUT2D eigenvalue weighted by atomic mass is 9.85. The van der Waals surface area contributed by atoms with E-state index in [1.165, 1.54) is 19.0 Å². The lowest BCUT2D eigenvalue weighted by molar-refractivity contribution is 0.126. The fourth-order valence-corrected chi connectivity index (χ4v) is 5.36. The first-order valence-electron chi connectivity index (χ1n) is 12.3. The van der Waals surface area contributed by atoms with Gasteiger partial charge in [0.2, 0.25) is 5.95 Å². The lowest BCUT2D eigenvalue weighted by Gasteiger charge is -2.40. The number of likely N-dealkylation sites (tertiary alicyclic amines) is 1. The number of aryl methyl sites for hydroxylation is 2. The number of H-pyrrole nitrogens is 1. The molecule has 2 aromatic heterocycles. The normalized spacial score (nSPS) is 18.1. The molecule has 0 radical (unpaired) electrons. The Kier molecular flexibility index (Phi) is 7.17. The van der Waals surface area contributed by atoms with E-state index in [4.69, 9.17) is 11.6 Å². The van der Waals surface area contributed by atoms with E-state index in [1.807, 2.05) is 19.1 Å². The molecule has 4 heterocycles. The second-order valence-electron chi connectivity index (χ2n) is 9.56. The molecule has 2 aliphatic heterocycles. The van der Waals surface area contributed by atoms with Crippen molar-refractivity contribution in [2.45, 2.75) is 51.5 Å². The van der Waals surface area contributed by atoms with Crippen molar-refractivity contribution in [1.29, 1.82) is 0 Å². The average molecular weight is 499 g/mol. The van der Waals surface area contributed by atoms with Crippen LogP contribution in [0.25, 0.3) is 0 Å².